The van der Waals surface area contributed by atoms with Crippen LogP contribution in [0.25, 0.3) is 11.5 Å². The second kappa shape index (κ2) is 3.78. The van der Waals surface area contributed by atoms with Gasteiger partial charge < -0.3 is 4.42 Å². The van der Waals surface area contributed by atoms with Gasteiger partial charge in [0.1, 0.15) is 5.82 Å². The third-order valence-corrected chi connectivity index (χ3v) is 2.38. The molecule has 0 aliphatic carbocycles. The third-order valence-electron chi connectivity index (χ3n) is 1.56. The maximum absolute atomic E-state index is 13.4. The van der Waals surface area contributed by atoms with Crippen molar-refractivity contribution in [3.8, 4) is 11.5 Å². The van der Waals surface area contributed by atoms with Crippen molar-refractivity contribution >= 4 is 31.9 Å². The van der Waals surface area contributed by atoms with Crippen molar-refractivity contribution in [2.24, 2.45) is 0 Å². The molecule has 1 aromatic heterocycles. The molecule has 3 nitrogen and oxygen atoms in total. The predicted octanol–water partition coefficient (Wildman–Crippen LogP) is 3.40. The lowest BCUT2D eigenvalue weighted by molar-refractivity contribution is 0.533. The molecule has 0 radical (unpaired) electrons. The number of halogens is 3. The van der Waals surface area contributed by atoms with E-state index in [1.807, 2.05) is 0 Å². The van der Waals surface area contributed by atoms with Crippen LogP contribution in [0.4, 0.5) is 4.39 Å². The van der Waals surface area contributed by atoms with Crippen LogP contribution < -0.4 is 0 Å². The van der Waals surface area contributed by atoms with Crippen LogP contribution in [0.2, 0.25) is 0 Å². The summed E-state index contributed by atoms with van der Waals surface area (Å²) < 4.78 is 19.1. The van der Waals surface area contributed by atoms with Crippen molar-refractivity contribution in [1.29, 1.82) is 0 Å². The fourth-order valence-electron chi connectivity index (χ4n) is 0.977. The van der Waals surface area contributed by atoms with Gasteiger partial charge >= 0.3 is 0 Å². The van der Waals surface area contributed by atoms with Crippen molar-refractivity contribution in [2.75, 3.05) is 0 Å². The van der Waals surface area contributed by atoms with Gasteiger partial charge in [-0.15, -0.1) is 10.2 Å². The van der Waals surface area contributed by atoms with E-state index >= 15 is 0 Å². The third kappa shape index (κ3) is 1.85. The van der Waals surface area contributed by atoms with E-state index in [0.717, 1.165) is 0 Å². The van der Waals surface area contributed by atoms with E-state index in [1.165, 1.54) is 6.07 Å². The fourth-order valence-corrected chi connectivity index (χ4v) is 1.54. The Morgan fingerprint density at radius 1 is 1.21 bits per heavy atom. The van der Waals surface area contributed by atoms with Crippen LogP contribution in [0.1, 0.15) is 0 Å². The Bertz CT molecular complexity index is 472. The largest absolute Gasteiger partial charge is 0.411 e. The van der Waals surface area contributed by atoms with Crippen molar-refractivity contribution in [2.45, 2.75) is 0 Å². The van der Waals surface area contributed by atoms with Gasteiger partial charge in [0.05, 0.1) is 5.56 Å². The molecule has 0 aliphatic heterocycles. The zero-order valence-electron chi connectivity index (χ0n) is 6.67. The first kappa shape index (κ1) is 9.79. The Hall–Kier alpha value is -0.750. The van der Waals surface area contributed by atoms with Crippen LogP contribution in [0.15, 0.2) is 31.9 Å². The second-order valence-electron chi connectivity index (χ2n) is 2.48. The van der Waals surface area contributed by atoms with E-state index in [-0.39, 0.29) is 16.3 Å². The molecule has 72 valence electrons. The molecular weight excluding hydrogens is 319 g/mol. The lowest BCUT2D eigenvalue weighted by Gasteiger charge is -1.97. The monoisotopic (exact) mass is 320 g/mol. The average Bonchev–Trinajstić information content (AvgIpc) is 2.51. The van der Waals surface area contributed by atoms with E-state index in [2.05, 4.69) is 42.1 Å². The number of hydrogen-bond donors (Lipinski definition) is 0. The van der Waals surface area contributed by atoms with Crippen LogP contribution in [-0.4, -0.2) is 10.2 Å². The topological polar surface area (TPSA) is 38.9 Å². The second-order valence-corrected chi connectivity index (χ2v) is 4.08. The van der Waals surface area contributed by atoms with Crippen LogP contribution in [-0.2, 0) is 0 Å². The van der Waals surface area contributed by atoms with Crippen molar-refractivity contribution in [3.05, 3.63) is 33.3 Å². The highest BCUT2D eigenvalue weighted by Crippen LogP contribution is 2.25. The minimum atomic E-state index is -0.407. The Morgan fingerprint density at radius 2 is 2.00 bits per heavy atom. The summed E-state index contributed by atoms with van der Waals surface area (Å²) >= 11 is 6.15. The average molecular weight is 322 g/mol. The first-order valence-corrected chi connectivity index (χ1v) is 5.20. The SMILES string of the molecule is Fc1cc(Br)ccc1-c1nnc(Br)o1. The summed E-state index contributed by atoms with van der Waals surface area (Å²) in [6.07, 6.45) is 0. The lowest BCUT2D eigenvalue weighted by Crippen LogP contribution is -1.84. The molecule has 6 heteroatoms. The summed E-state index contributed by atoms with van der Waals surface area (Å²) in [6, 6.07) is 4.61. The van der Waals surface area contributed by atoms with E-state index in [0.29, 0.717) is 4.47 Å². The molecular formula is C8H3Br2FN2O. The summed E-state index contributed by atoms with van der Waals surface area (Å²) in [6.45, 7) is 0. The molecule has 0 N–H and O–H groups in total. The van der Waals surface area contributed by atoms with Crippen LogP contribution in [0.5, 0.6) is 0 Å². The van der Waals surface area contributed by atoms with E-state index in [9.17, 15) is 4.39 Å². The molecule has 0 spiro atoms. The molecule has 0 saturated heterocycles. The first-order chi connectivity index (χ1) is 6.66. The maximum atomic E-state index is 13.4. The quantitative estimate of drug-likeness (QED) is 0.808. The molecule has 0 saturated carbocycles. The summed E-state index contributed by atoms with van der Waals surface area (Å²) in [7, 11) is 0. The maximum Gasteiger partial charge on any atom is 0.285 e. The number of benzene rings is 1. The molecule has 0 bridgehead atoms. The van der Waals surface area contributed by atoms with Gasteiger partial charge in [0.2, 0.25) is 0 Å². The van der Waals surface area contributed by atoms with Crippen LogP contribution in [0, 0.1) is 5.82 Å². The highest BCUT2D eigenvalue weighted by molar-refractivity contribution is 9.10. The van der Waals surface area contributed by atoms with Crippen molar-refractivity contribution in [1.82, 2.24) is 10.2 Å². The Labute approximate surface area is 95.6 Å². The van der Waals surface area contributed by atoms with Gasteiger partial charge in [-0.2, -0.15) is 0 Å². The van der Waals surface area contributed by atoms with Crippen LogP contribution >= 0.6 is 31.9 Å². The van der Waals surface area contributed by atoms with Gasteiger partial charge in [0.15, 0.2) is 0 Å². The highest BCUT2D eigenvalue weighted by Gasteiger charge is 2.11. The molecule has 1 aromatic carbocycles. The molecule has 1 heterocycles. The summed E-state index contributed by atoms with van der Waals surface area (Å²) in [5, 5.41) is 7.24. The van der Waals surface area contributed by atoms with E-state index in [1.54, 1.807) is 12.1 Å². The Kier molecular flexibility index (Phi) is 2.64. The Morgan fingerprint density at radius 3 is 2.57 bits per heavy atom. The molecule has 2 aromatic rings. The van der Waals surface area contributed by atoms with E-state index < -0.39 is 5.82 Å². The van der Waals surface area contributed by atoms with Gasteiger partial charge in [0.25, 0.3) is 10.7 Å². The number of hydrogen-bond acceptors (Lipinski definition) is 3. The Balaban J connectivity index is 2.52. The standard InChI is InChI=1S/C8H3Br2FN2O/c9-4-1-2-5(6(11)3-4)7-12-13-8(10)14-7/h1-3H. The number of aromatic nitrogens is 2. The predicted molar refractivity (Wildman–Crippen MR) is 55.1 cm³/mol. The lowest BCUT2D eigenvalue weighted by atomic mass is 10.2. The van der Waals surface area contributed by atoms with Gasteiger partial charge in [-0.3, -0.25) is 0 Å². The molecule has 0 fully saturated rings. The van der Waals surface area contributed by atoms with Crippen molar-refractivity contribution < 1.29 is 8.81 Å². The van der Waals surface area contributed by atoms with E-state index in [4.69, 9.17) is 4.42 Å². The number of nitrogens with zero attached hydrogens (tertiary/aromatic N) is 2. The zero-order valence-corrected chi connectivity index (χ0v) is 9.84. The molecule has 0 unspecified atom stereocenters. The minimum Gasteiger partial charge on any atom is -0.411 e. The fraction of sp³-hybridized carbons (Fsp3) is 0. The number of rotatable bonds is 1. The normalized spacial score (nSPS) is 10.5. The smallest absolute Gasteiger partial charge is 0.285 e. The van der Waals surface area contributed by atoms with Gasteiger partial charge in [0, 0.05) is 20.4 Å². The molecule has 0 amide bonds. The molecule has 2 rings (SSSR count). The van der Waals surface area contributed by atoms with Gasteiger partial charge in [-0.25, -0.2) is 4.39 Å². The highest BCUT2D eigenvalue weighted by atomic mass is 79.9. The summed E-state index contributed by atoms with van der Waals surface area (Å²) in [5.74, 6) is -0.252. The minimum absolute atomic E-state index is 0.155. The van der Waals surface area contributed by atoms with Crippen LogP contribution in [0.3, 0.4) is 0 Å². The zero-order chi connectivity index (χ0) is 10.1. The summed E-state index contributed by atoms with van der Waals surface area (Å²) in [4.78, 5) is 0.231. The van der Waals surface area contributed by atoms with Gasteiger partial charge in [-0.1, -0.05) is 15.9 Å². The first-order valence-electron chi connectivity index (χ1n) is 3.61. The molecule has 14 heavy (non-hydrogen) atoms. The molecule has 0 atom stereocenters. The van der Waals surface area contributed by atoms with Gasteiger partial charge in [-0.05, 0) is 18.2 Å². The van der Waals surface area contributed by atoms with Crippen molar-refractivity contribution in [3.63, 3.8) is 0 Å². The molecule has 0 aliphatic rings. The summed E-state index contributed by atoms with van der Waals surface area (Å²) in [5.41, 5.74) is 0.284.